The van der Waals surface area contributed by atoms with E-state index in [1.54, 1.807) is 6.34 Å². The molecule has 0 saturated heterocycles. The Morgan fingerprint density at radius 3 is 2.43 bits per heavy atom. The fourth-order valence-electron chi connectivity index (χ4n) is 0.200. The molecule has 0 aromatic rings. The minimum atomic E-state index is 0.568. The fraction of sp³-hybridized carbons (Fsp3) is 0.750. The van der Waals surface area contributed by atoms with Gasteiger partial charge in [0.1, 0.15) is 0 Å². The van der Waals surface area contributed by atoms with Gasteiger partial charge in [-0.2, -0.15) is 12.6 Å². The molecular formula is C4H10N2S. The first kappa shape index (κ1) is 6.82. The van der Waals surface area contributed by atoms with Crippen molar-refractivity contribution < 1.29 is 0 Å². The zero-order valence-corrected chi connectivity index (χ0v) is 5.52. The van der Waals surface area contributed by atoms with E-state index < -0.39 is 0 Å². The summed E-state index contributed by atoms with van der Waals surface area (Å²) in [5, 5.41) is 0. The van der Waals surface area contributed by atoms with Gasteiger partial charge in [-0.05, 0) is 0 Å². The van der Waals surface area contributed by atoms with Crippen LogP contribution in [0.2, 0.25) is 0 Å². The summed E-state index contributed by atoms with van der Waals surface area (Å²) in [5.74, 6) is 0.568. The first-order chi connectivity index (χ1) is 3.27. The third-order valence-corrected chi connectivity index (χ3v) is 0.558. The summed E-state index contributed by atoms with van der Waals surface area (Å²) in [6.45, 7) is 0. The van der Waals surface area contributed by atoms with Crippen LogP contribution in [0.15, 0.2) is 4.99 Å². The van der Waals surface area contributed by atoms with Crippen molar-refractivity contribution in [2.45, 2.75) is 0 Å². The lowest BCUT2D eigenvalue weighted by atomic mass is 10.9. The van der Waals surface area contributed by atoms with E-state index in [2.05, 4.69) is 17.6 Å². The summed E-state index contributed by atoms with van der Waals surface area (Å²) >= 11 is 3.87. The van der Waals surface area contributed by atoms with Crippen molar-refractivity contribution in [3.8, 4) is 0 Å². The van der Waals surface area contributed by atoms with Crippen molar-refractivity contribution in [2.24, 2.45) is 4.99 Å². The average molecular weight is 118 g/mol. The van der Waals surface area contributed by atoms with Gasteiger partial charge in [0, 0.05) is 14.1 Å². The highest BCUT2D eigenvalue weighted by Crippen LogP contribution is 1.72. The molecular weight excluding hydrogens is 108 g/mol. The summed E-state index contributed by atoms with van der Waals surface area (Å²) < 4.78 is 0. The van der Waals surface area contributed by atoms with Gasteiger partial charge in [0.25, 0.3) is 0 Å². The zero-order chi connectivity index (χ0) is 5.70. The zero-order valence-electron chi connectivity index (χ0n) is 4.63. The highest BCUT2D eigenvalue weighted by atomic mass is 32.1. The molecule has 0 amide bonds. The van der Waals surface area contributed by atoms with Gasteiger partial charge in [-0.15, -0.1) is 0 Å². The van der Waals surface area contributed by atoms with Gasteiger partial charge in [0.2, 0.25) is 0 Å². The number of nitrogens with zero attached hydrogens (tertiary/aromatic N) is 2. The summed E-state index contributed by atoms with van der Waals surface area (Å²) in [6, 6.07) is 0. The van der Waals surface area contributed by atoms with Crippen LogP contribution in [0.5, 0.6) is 0 Å². The molecule has 0 fully saturated rings. The van der Waals surface area contributed by atoms with E-state index in [1.165, 1.54) is 0 Å². The molecule has 0 spiro atoms. The first-order valence-corrected chi connectivity index (χ1v) is 2.68. The largest absolute Gasteiger partial charge is 0.369 e. The lowest BCUT2D eigenvalue weighted by Crippen LogP contribution is -2.07. The topological polar surface area (TPSA) is 15.6 Å². The van der Waals surface area contributed by atoms with E-state index in [0.717, 1.165) is 0 Å². The van der Waals surface area contributed by atoms with Crippen molar-refractivity contribution in [1.82, 2.24) is 4.90 Å². The predicted molar refractivity (Wildman–Crippen MR) is 36.0 cm³/mol. The number of hydrogen-bond acceptors (Lipinski definition) is 2. The second-order valence-electron chi connectivity index (χ2n) is 1.40. The number of rotatable bonds is 2. The van der Waals surface area contributed by atoms with Crippen LogP contribution < -0.4 is 0 Å². The van der Waals surface area contributed by atoms with Gasteiger partial charge < -0.3 is 4.90 Å². The predicted octanol–water partition coefficient (Wildman–Crippen LogP) is 0.464. The molecule has 0 radical (unpaired) electrons. The third kappa shape index (κ3) is 5.82. The Hall–Kier alpha value is -0.180. The van der Waals surface area contributed by atoms with Crippen LogP contribution in [0.25, 0.3) is 0 Å². The molecule has 0 aromatic heterocycles. The van der Waals surface area contributed by atoms with Gasteiger partial charge in [-0.25, -0.2) is 0 Å². The monoisotopic (exact) mass is 118 g/mol. The molecule has 2 nitrogen and oxygen atoms in total. The van der Waals surface area contributed by atoms with E-state index in [-0.39, 0.29) is 0 Å². The Morgan fingerprint density at radius 2 is 2.29 bits per heavy atom. The smallest absolute Gasteiger partial charge is 0.0854 e. The highest BCUT2D eigenvalue weighted by Gasteiger charge is 1.70. The fourth-order valence-corrected chi connectivity index (χ4v) is 0.273. The molecule has 7 heavy (non-hydrogen) atoms. The Morgan fingerprint density at radius 1 is 1.71 bits per heavy atom. The molecule has 0 aliphatic heterocycles. The molecule has 0 aliphatic rings. The third-order valence-electron chi connectivity index (χ3n) is 0.394. The standard InChI is InChI=1S/C4H10N2S/c1-6(2)3-5-4-7/h3,7H,4H2,1-2H3/b5-3+. The minimum absolute atomic E-state index is 0.568. The number of thiol groups is 1. The van der Waals surface area contributed by atoms with Crippen LogP contribution in [0, 0.1) is 0 Å². The molecule has 0 saturated carbocycles. The maximum Gasteiger partial charge on any atom is 0.0854 e. The van der Waals surface area contributed by atoms with Crippen LogP contribution in [-0.4, -0.2) is 31.2 Å². The van der Waals surface area contributed by atoms with Crippen molar-refractivity contribution in [3.63, 3.8) is 0 Å². The molecule has 0 bridgehead atoms. The van der Waals surface area contributed by atoms with E-state index in [4.69, 9.17) is 0 Å². The Balaban J connectivity index is 3.08. The van der Waals surface area contributed by atoms with Crippen LogP contribution in [0.1, 0.15) is 0 Å². The van der Waals surface area contributed by atoms with Gasteiger partial charge in [0.05, 0.1) is 12.2 Å². The summed E-state index contributed by atoms with van der Waals surface area (Å²) in [6.07, 6.45) is 1.73. The van der Waals surface area contributed by atoms with Gasteiger partial charge >= 0.3 is 0 Å². The molecule has 0 aromatic carbocycles. The highest BCUT2D eigenvalue weighted by molar-refractivity contribution is 7.80. The quantitative estimate of drug-likeness (QED) is 0.316. The Bertz CT molecular complexity index is 60.7. The average Bonchev–Trinajstić information content (AvgIpc) is 1.61. The van der Waals surface area contributed by atoms with Crippen LogP contribution >= 0.6 is 12.6 Å². The van der Waals surface area contributed by atoms with E-state index >= 15 is 0 Å². The number of hydrogen-bond donors (Lipinski definition) is 1. The molecule has 0 N–H and O–H groups in total. The molecule has 0 atom stereocenters. The second kappa shape index (κ2) is 3.99. The van der Waals surface area contributed by atoms with Crippen LogP contribution in [0.3, 0.4) is 0 Å². The molecule has 3 heteroatoms. The van der Waals surface area contributed by atoms with Gasteiger partial charge in [-0.3, -0.25) is 4.99 Å². The van der Waals surface area contributed by atoms with Gasteiger partial charge in [-0.1, -0.05) is 0 Å². The van der Waals surface area contributed by atoms with Crippen molar-refractivity contribution in [1.29, 1.82) is 0 Å². The molecule has 0 rings (SSSR count). The minimum Gasteiger partial charge on any atom is -0.369 e. The van der Waals surface area contributed by atoms with Crippen molar-refractivity contribution in [2.75, 3.05) is 20.0 Å². The maximum atomic E-state index is 3.87. The lowest BCUT2D eigenvalue weighted by Gasteiger charge is -1.99. The Labute approximate surface area is 49.6 Å². The van der Waals surface area contributed by atoms with Gasteiger partial charge in [0.15, 0.2) is 0 Å². The van der Waals surface area contributed by atoms with E-state index in [0.29, 0.717) is 5.88 Å². The van der Waals surface area contributed by atoms with Crippen LogP contribution in [0.4, 0.5) is 0 Å². The normalized spacial score (nSPS) is 10.1. The lowest BCUT2D eigenvalue weighted by molar-refractivity contribution is 0.641. The Kier molecular flexibility index (Phi) is 3.89. The summed E-state index contributed by atoms with van der Waals surface area (Å²) in [7, 11) is 3.85. The first-order valence-electron chi connectivity index (χ1n) is 2.04. The second-order valence-corrected chi connectivity index (χ2v) is 1.69. The van der Waals surface area contributed by atoms with Crippen molar-refractivity contribution in [3.05, 3.63) is 0 Å². The SMILES string of the molecule is CN(C)/C=N/CS. The molecule has 0 heterocycles. The van der Waals surface area contributed by atoms with Crippen molar-refractivity contribution >= 4 is 19.0 Å². The number of aliphatic imine (C=N–C) groups is 1. The molecule has 42 valence electrons. The molecule has 0 aliphatic carbocycles. The van der Waals surface area contributed by atoms with Crippen LogP contribution in [-0.2, 0) is 0 Å². The summed E-state index contributed by atoms with van der Waals surface area (Å²) in [4.78, 5) is 5.71. The summed E-state index contributed by atoms with van der Waals surface area (Å²) in [5.41, 5.74) is 0. The van der Waals surface area contributed by atoms with E-state index in [9.17, 15) is 0 Å². The maximum absolute atomic E-state index is 3.87. The van der Waals surface area contributed by atoms with E-state index in [1.807, 2.05) is 19.0 Å². The molecule has 0 unspecified atom stereocenters.